The van der Waals surface area contributed by atoms with Crippen LogP contribution in [0.5, 0.6) is 11.5 Å². The molecule has 1 aromatic heterocycles. The fourth-order valence-electron chi connectivity index (χ4n) is 4.59. The zero-order valence-electron chi connectivity index (χ0n) is 20.2. The SMILES string of the molecule is COc1cc(N2Cc3cc(-c4ccc(Cl)cc4)sc3C2=O)ccc1OCC1(OC(=O)CN)CC(F)(F)C1.Cl. The summed E-state index contributed by atoms with van der Waals surface area (Å²) in [4.78, 5) is 28.1. The number of alkyl halides is 2. The van der Waals surface area contributed by atoms with Crippen molar-refractivity contribution in [1.29, 1.82) is 0 Å². The van der Waals surface area contributed by atoms with Crippen LogP contribution in [-0.4, -0.2) is 43.7 Å². The van der Waals surface area contributed by atoms with Crippen LogP contribution in [0.2, 0.25) is 5.02 Å². The van der Waals surface area contributed by atoms with Gasteiger partial charge in [-0.3, -0.25) is 9.59 Å². The van der Waals surface area contributed by atoms with E-state index in [1.165, 1.54) is 18.4 Å². The topological polar surface area (TPSA) is 91.1 Å². The molecule has 1 fully saturated rings. The van der Waals surface area contributed by atoms with Gasteiger partial charge in [0.05, 0.1) is 37.9 Å². The lowest BCUT2D eigenvalue weighted by atomic mass is 9.77. The van der Waals surface area contributed by atoms with E-state index in [4.69, 9.17) is 31.5 Å². The van der Waals surface area contributed by atoms with Gasteiger partial charge in [-0.2, -0.15) is 0 Å². The van der Waals surface area contributed by atoms with Crippen LogP contribution in [0.15, 0.2) is 48.5 Å². The van der Waals surface area contributed by atoms with Gasteiger partial charge in [0.25, 0.3) is 11.8 Å². The van der Waals surface area contributed by atoms with Gasteiger partial charge >= 0.3 is 5.97 Å². The quantitative estimate of drug-likeness (QED) is 0.341. The van der Waals surface area contributed by atoms with Crippen LogP contribution in [0.1, 0.15) is 28.1 Å². The highest BCUT2D eigenvalue weighted by Crippen LogP contribution is 2.49. The molecule has 38 heavy (non-hydrogen) atoms. The van der Waals surface area contributed by atoms with Gasteiger partial charge in [0.2, 0.25) is 0 Å². The van der Waals surface area contributed by atoms with Crippen molar-refractivity contribution in [2.24, 2.45) is 5.73 Å². The minimum absolute atomic E-state index is 0. The molecule has 0 bridgehead atoms. The van der Waals surface area contributed by atoms with Crippen LogP contribution in [-0.2, 0) is 16.1 Å². The smallest absolute Gasteiger partial charge is 0.320 e. The summed E-state index contributed by atoms with van der Waals surface area (Å²) in [5.41, 5.74) is 6.34. The maximum absolute atomic E-state index is 13.6. The number of nitrogens with zero attached hydrogens (tertiary/aromatic N) is 1. The normalized spacial score (nSPS) is 16.8. The van der Waals surface area contributed by atoms with Gasteiger partial charge in [-0.25, -0.2) is 8.78 Å². The van der Waals surface area contributed by atoms with Crippen molar-refractivity contribution >= 4 is 52.9 Å². The molecule has 5 rings (SSSR count). The van der Waals surface area contributed by atoms with Crippen molar-refractivity contribution in [2.45, 2.75) is 30.9 Å². The van der Waals surface area contributed by atoms with E-state index in [-0.39, 0.29) is 30.7 Å². The van der Waals surface area contributed by atoms with Gasteiger partial charge in [0, 0.05) is 21.7 Å². The number of carbonyl (C=O) groups is 2. The molecule has 202 valence electrons. The Morgan fingerprint density at radius 1 is 1.13 bits per heavy atom. The summed E-state index contributed by atoms with van der Waals surface area (Å²) in [5, 5.41) is 0.647. The summed E-state index contributed by atoms with van der Waals surface area (Å²) in [5.74, 6) is -3.25. The molecule has 0 radical (unpaired) electrons. The largest absolute Gasteiger partial charge is 0.493 e. The number of nitrogens with two attached hydrogens (primary N) is 1. The van der Waals surface area contributed by atoms with Crippen molar-refractivity contribution in [1.82, 2.24) is 0 Å². The van der Waals surface area contributed by atoms with E-state index in [2.05, 4.69) is 0 Å². The highest BCUT2D eigenvalue weighted by Gasteiger charge is 2.60. The van der Waals surface area contributed by atoms with Crippen LogP contribution in [0.25, 0.3) is 10.4 Å². The van der Waals surface area contributed by atoms with E-state index in [0.29, 0.717) is 27.9 Å². The third-order valence-corrected chi connectivity index (χ3v) is 7.78. The predicted molar refractivity (Wildman–Crippen MR) is 143 cm³/mol. The predicted octanol–water partition coefficient (Wildman–Crippen LogP) is 5.71. The summed E-state index contributed by atoms with van der Waals surface area (Å²) in [6.07, 6.45) is -1.29. The van der Waals surface area contributed by atoms with E-state index < -0.39 is 36.9 Å². The number of ether oxygens (including phenoxy) is 3. The van der Waals surface area contributed by atoms with E-state index >= 15 is 0 Å². The molecule has 12 heteroatoms. The van der Waals surface area contributed by atoms with E-state index in [9.17, 15) is 18.4 Å². The maximum Gasteiger partial charge on any atom is 0.320 e. The number of esters is 1. The van der Waals surface area contributed by atoms with Crippen molar-refractivity contribution in [3.05, 3.63) is 64.0 Å². The Hall–Kier alpha value is -2.92. The van der Waals surface area contributed by atoms with Gasteiger partial charge in [-0.05, 0) is 41.5 Å². The molecule has 7 nitrogen and oxygen atoms in total. The van der Waals surface area contributed by atoms with Crippen molar-refractivity contribution in [3.63, 3.8) is 0 Å². The number of amides is 1. The molecule has 1 aliphatic carbocycles. The second kappa shape index (κ2) is 10.7. The summed E-state index contributed by atoms with van der Waals surface area (Å²) in [7, 11) is 1.44. The van der Waals surface area contributed by atoms with Gasteiger partial charge in [0.15, 0.2) is 17.1 Å². The third kappa shape index (κ3) is 5.44. The molecule has 1 aliphatic heterocycles. The van der Waals surface area contributed by atoms with Gasteiger partial charge < -0.3 is 24.8 Å². The van der Waals surface area contributed by atoms with E-state index in [1.807, 2.05) is 30.3 Å². The van der Waals surface area contributed by atoms with Crippen LogP contribution in [0.3, 0.4) is 0 Å². The molecular formula is C26H24Cl2F2N2O5S. The first-order valence-electron chi connectivity index (χ1n) is 11.4. The fourth-order valence-corrected chi connectivity index (χ4v) is 5.84. The number of rotatable bonds is 8. The molecular weight excluding hydrogens is 561 g/mol. The van der Waals surface area contributed by atoms with Crippen LogP contribution in [0, 0.1) is 0 Å². The number of hydrogen-bond donors (Lipinski definition) is 1. The van der Waals surface area contributed by atoms with Crippen LogP contribution < -0.4 is 20.1 Å². The van der Waals surface area contributed by atoms with Crippen LogP contribution >= 0.6 is 35.3 Å². The number of benzene rings is 2. The first kappa shape index (κ1) is 28.1. The number of thiophene rings is 1. The molecule has 2 N–H and O–H groups in total. The van der Waals surface area contributed by atoms with E-state index in [1.54, 1.807) is 23.1 Å². The molecule has 2 heterocycles. The van der Waals surface area contributed by atoms with Crippen molar-refractivity contribution in [2.75, 3.05) is 25.2 Å². The number of carbonyl (C=O) groups excluding carboxylic acids is 2. The average molecular weight is 585 g/mol. The molecule has 2 aromatic carbocycles. The average Bonchev–Trinajstić information content (AvgIpc) is 3.41. The lowest BCUT2D eigenvalue weighted by molar-refractivity contribution is -0.233. The first-order valence-corrected chi connectivity index (χ1v) is 12.6. The fraction of sp³-hybridized carbons (Fsp3) is 0.308. The highest BCUT2D eigenvalue weighted by molar-refractivity contribution is 7.17. The Labute approximate surface area is 232 Å². The van der Waals surface area contributed by atoms with Crippen molar-refractivity contribution in [3.8, 4) is 21.9 Å². The number of hydrogen-bond acceptors (Lipinski definition) is 7. The second-order valence-electron chi connectivity index (χ2n) is 9.06. The van der Waals surface area contributed by atoms with E-state index in [0.717, 1.165) is 16.0 Å². The Morgan fingerprint density at radius 2 is 1.84 bits per heavy atom. The molecule has 0 spiro atoms. The Bertz CT molecular complexity index is 1360. The monoisotopic (exact) mass is 584 g/mol. The zero-order chi connectivity index (χ0) is 26.4. The third-order valence-electron chi connectivity index (χ3n) is 6.31. The first-order chi connectivity index (χ1) is 17.6. The number of anilines is 1. The zero-order valence-corrected chi connectivity index (χ0v) is 22.6. The van der Waals surface area contributed by atoms with Gasteiger partial charge in [0.1, 0.15) is 6.61 Å². The highest BCUT2D eigenvalue weighted by atomic mass is 35.5. The summed E-state index contributed by atoms with van der Waals surface area (Å²) in [6, 6.07) is 14.4. The van der Waals surface area contributed by atoms with Crippen LogP contribution in [0.4, 0.5) is 14.5 Å². The Kier molecular flexibility index (Phi) is 7.90. The van der Waals surface area contributed by atoms with Crippen molar-refractivity contribution < 1.29 is 32.6 Å². The standard InChI is InChI=1S/C26H23ClF2N2O5S.ClH/c1-34-20-9-18(6-7-19(20)35-14-25(36-22(32)10-30)12-26(28,29)13-25)31-11-16-8-21(37-23(16)24(31)33)15-2-4-17(27)5-3-15;/h2-9H,10-14,30H2,1H3;1H. The summed E-state index contributed by atoms with van der Waals surface area (Å²) in [6.45, 7) is -0.297. The molecule has 1 amide bonds. The molecule has 0 atom stereocenters. The molecule has 1 saturated carbocycles. The van der Waals surface area contributed by atoms with Gasteiger partial charge in [-0.1, -0.05) is 23.7 Å². The molecule has 0 saturated heterocycles. The lowest BCUT2D eigenvalue weighted by Crippen LogP contribution is -2.58. The molecule has 0 unspecified atom stereocenters. The minimum atomic E-state index is -2.93. The Morgan fingerprint density at radius 3 is 2.45 bits per heavy atom. The molecule has 3 aromatic rings. The summed E-state index contributed by atoms with van der Waals surface area (Å²) < 4.78 is 43.6. The number of halogens is 4. The minimum Gasteiger partial charge on any atom is -0.493 e. The second-order valence-corrected chi connectivity index (χ2v) is 10.5. The van der Waals surface area contributed by atoms with Gasteiger partial charge in [-0.15, -0.1) is 23.7 Å². The molecule has 2 aliphatic rings. The Balaban J connectivity index is 0.00000336. The number of methoxy groups -OCH3 is 1. The number of fused-ring (bicyclic) bond motifs is 1. The summed E-state index contributed by atoms with van der Waals surface area (Å²) >= 11 is 7.40. The maximum atomic E-state index is 13.6. The lowest BCUT2D eigenvalue weighted by Gasteiger charge is -2.45.